The molecule has 1 aliphatic rings. The van der Waals surface area contributed by atoms with E-state index in [0.29, 0.717) is 0 Å². The number of carbonyl (C=O) groups excluding carboxylic acids is 2. The molecule has 0 spiro atoms. The number of carbonyl (C=O) groups is 2. The summed E-state index contributed by atoms with van der Waals surface area (Å²) >= 11 is 4.76. The Morgan fingerprint density at radius 1 is 1.23 bits per heavy atom. The maximum absolute atomic E-state index is 12.2. The number of aromatic amines is 2. The van der Waals surface area contributed by atoms with Gasteiger partial charge < -0.3 is 4.98 Å². The Balaban J connectivity index is 0.00000116. The topological polar surface area (TPSA) is 86.0 Å². The predicted molar refractivity (Wildman–Crippen MR) is 88.1 cm³/mol. The molecule has 1 aromatic heterocycles. The number of nitrogens with zero attached hydrogens (tertiary/aromatic N) is 1. The lowest BCUT2D eigenvalue weighted by Crippen LogP contribution is -2.34. The van der Waals surface area contributed by atoms with Gasteiger partial charge in [0.05, 0.1) is 5.57 Å². The Bertz CT molecular complexity index is 784. The van der Waals surface area contributed by atoms with E-state index in [9.17, 15) is 14.4 Å². The second-order valence-corrected chi connectivity index (χ2v) is 4.40. The lowest BCUT2D eigenvalue weighted by atomic mass is 10.1. The molecule has 0 aromatic carbocycles. The van der Waals surface area contributed by atoms with Crippen LogP contribution in [0.25, 0.3) is 0 Å². The number of hydrogen-bond acceptors (Lipinski definition) is 4. The van der Waals surface area contributed by atoms with Crippen LogP contribution in [0.1, 0.15) is 20.8 Å². The molecule has 0 bridgehead atoms. The van der Waals surface area contributed by atoms with Crippen molar-refractivity contribution in [1.82, 2.24) is 9.97 Å². The molecule has 2 rings (SSSR count). The molecular weight excluding hydrogens is 302 g/mol. The van der Waals surface area contributed by atoms with Crippen LogP contribution in [-0.4, -0.2) is 21.8 Å². The molecule has 116 valence electrons. The smallest absolute Gasteiger partial charge is 0.276 e. The summed E-state index contributed by atoms with van der Waals surface area (Å²) in [6, 6.07) is 0. The van der Waals surface area contributed by atoms with Crippen LogP contribution >= 0.6 is 12.2 Å². The highest BCUT2D eigenvalue weighted by molar-refractivity contribution is 7.71. The van der Waals surface area contributed by atoms with Gasteiger partial charge in [0.15, 0.2) is 4.77 Å². The molecule has 0 aliphatic carbocycles. The number of rotatable bonds is 2. The molecular formula is C15H17N3O3S. The first-order chi connectivity index (χ1) is 10.5. The van der Waals surface area contributed by atoms with Crippen LogP contribution < -0.4 is 10.5 Å². The zero-order chi connectivity index (χ0) is 16.9. The van der Waals surface area contributed by atoms with E-state index < -0.39 is 17.4 Å². The fourth-order valence-corrected chi connectivity index (χ4v) is 1.90. The van der Waals surface area contributed by atoms with Gasteiger partial charge in [-0.15, -0.1) is 0 Å². The van der Waals surface area contributed by atoms with Crippen LogP contribution in [0.4, 0.5) is 5.69 Å². The van der Waals surface area contributed by atoms with Crippen LogP contribution in [-0.2, 0) is 9.59 Å². The molecule has 0 radical (unpaired) electrons. The van der Waals surface area contributed by atoms with Crippen molar-refractivity contribution in [3.05, 3.63) is 57.3 Å². The van der Waals surface area contributed by atoms with Crippen LogP contribution in [0.3, 0.4) is 0 Å². The molecule has 1 saturated heterocycles. The fraction of sp³-hybridized carbons (Fsp3) is 0.200. The second-order valence-electron chi connectivity index (χ2n) is 3.99. The molecule has 0 unspecified atom stereocenters. The predicted octanol–water partition coefficient (Wildman–Crippen LogP) is 2.39. The molecule has 7 heteroatoms. The standard InChI is InChI=1S/C13H11N3O3S.C2H6/c1-3-4-5-8-7(2)11(18)16(12(8)19)9-6-14-13(20)15-10(9)17;1-2/h3-6H,2H2,1H3,(H2,14,15,17,20);1-2H3/b4-3-,8-5+;. The summed E-state index contributed by atoms with van der Waals surface area (Å²) in [6.07, 6.45) is 6.05. The first kappa shape index (κ1) is 17.5. The Morgan fingerprint density at radius 2 is 1.86 bits per heavy atom. The third-order valence-corrected chi connectivity index (χ3v) is 2.94. The minimum atomic E-state index is -0.623. The van der Waals surface area contributed by atoms with Gasteiger partial charge >= 0.3 is 0 Å². The van der Waals surface area contributed by atoms with Crippen molar-refractivity contribution in [3.8, 4) is 0 Å². The summed E-state index contributed by atoms with van der Waals surface area (Å²) in [6.45, 7) is 9.36. The Labute approximate surface area is 132 Å². The van der Waals surface area contributed by atoms with Crippen molar-refractivity contribution in [2.45, 2.75) is 20.8 Å². The highest BCUT2D eigenvalue weighted by atomic mass is 32.1. The van der Waals surface area contributed by atoms with E-state index in [0.717, 1.165) is 4.90 Å². The SMILES string of the molecule is C=C1C(=O)N(c2c[nH]c(=S)[nH]c2=O)C(=O)/C1=C/C=C\C.CC. The summed E-state index contributed by atoms with van der Waals surface area (Å²) in [7, 11) is 0. The van der Waals surface area contributed by atoms with Gasteiger partial charge in [-0.25, -0.2) is 4.90 Å². The number of allylic oxidation sites excluding steroid dienone is 3. The molecule has 0 atom stereocenters. The molecule has 1 fully saturated rings. The molecule has 6 nitrogen and oxygen atoms in total. The van der Waals surface area contributed by atoms with Gasteiger partial charge in [-0.2, -0.15) is 0 Å². The minimum Gasteiger partial charge on any atom is -0.337 e. The van der Waals surface area contributed by atoms with Gasteiger partial charge in [-0.3, -0.25) is 19.4 Å². The Morgan fingerprint density at radius 3 is 2.41 bits per heavy atom. The van der Waals surface area contributed by atoms with Crippen LogP contribution in [0.2, 0.25) is 0 Å². The van der Waals surface area contributed by atoms with Crippen molar-refractivity contribution in [2.75, 3.05) is 4.90 Å². The molecule has 0 saturated carbocycles. The first-order valence-corrected chi connectivity index (χ1v) is 7.11. The Kier molecular flexibility index (Phi) is 5.94. The number of nitrogens with one attached hydrogen (secondary N) is 2. The molecule has 1 aliphatic heterocycles. The number of aromatic nitrogens is 2. The van der Waals surface area contributed by atoms with E-state index in [2.05, 4.69) is 16.5 Å². The third-order valence-electron chi connectivity index (χ3n) is 2.72. The van der Waals surface area contributed by atoms with Gasteiger partial charge in [0.1, 0.15) is 5.69 Å². The maximum atomic E-state index is 12.2. The minimum absolute atomic E-state index is 0.0509. The molecule has 22 heavy (non-hydrogen) atoms. The van der Waals surface area contributed by atoms with E-state index in [1.165, 1.54) is 12.3 Å². The van der Waals surface area contributed by atoms with Crippen molar-refractivity contribution in [3.63, 3.8) is 0 Å². The molecule has 2 amide bonds. The van der Waals surface area contributed by atoms with Crippen molar-refractivity contribution in [1.29, 1.82) is 0 Å². The number of imide groups is 1. The summed E-state index contributed by atoms with van der Waals surface area (Å²) in [4.78, 5) is 41.8. The Hall–Kier alpha value is -2.54. The van der Waals surface area contributed by atoms with Crippen LogP contribution in [0.15, 0.2) is 46.9 Å². The molecule has 2 heterocycles. The average molecular weight is 319 g/mol. The number of H-pyrrole nitrogens is 2. The third kappa shape index (κ3) is 3.20. The van der Waals surface area contributed by atoms with Gasteiger partial charge in [0.25, 0.3) is 17.4 Å². The first-order valence-electron chi connectivity index (χ1n) is 6.70. The molecule has 1 aromatic rings. The number of amides is 2. The largest absolute Gasteiger partial charge is 0.337 e. The van der Waals surface area contributed by atoms with Crippen molar-refractivity contribution >= 4 is 29.7 Å². The van der Waals surface area contributed by atoms with Gasteiger partial charge in [0.2, 0.25) is 0 Å². The van der Waals surface area contributed by atoms with E-state index in [-0.39, 0.29) is 21.6 Å². The van der Waals surface area contributed by atoms with Gasteiger partial charge in [-0.1, -0.05) is 32.6 Å². The lowest BCUT2D eigenvalue weighted by molar-refractivity contribution is -0.119. The number of anilines is 1. The average Bonchev–Trinajstić information content (AvgIpc) is 2.71. The molecule has 2 N–H and O–H groups in total. The van der Waals surface area contributed by atoms with Gasteiger partial charge in [0, 0.05) is 11.8 Å². The van der Waals surface area contributed by atoms with E-state index >= 15 is 0 Å². The monoisotopic (exact) mass is 319 g/mol. The zero-order valence-corrected chi connectivity index (χ0v) is 13.4. The quantitative estimate of drug-likeness (QED) is 0.498. The van der Waals surface area contributed by atoms with Gasteiger partial charge in [-0.05, 0) is 25.2 Å². The normalized spacial score (nSPS) is 16.4. The van der Waals surface area contributed by atoms with Crippen LogP contribution in [0, 0.1) is 4.77 Å². The fourth-order valence-electron chi connectivity index (χ4n) is 1.74. The summed E-state index contributed by atoms with van der Waals surface area (Å²) < 4.78 is 0.112. The second kappa shape index (κ2) is 7.46. The van der Waals surface area contributed by atoms with E-state index in [4.69, 9.17) is 12.2 Å². The summed E-state index contributed by atoms with van der Waals surface area (Å²) in [5.41, 5.74) is -0.515. The van der Waals surface area contributed by atoms with Crippen molar-refractivity contribution in [2.24, 2.45) is 0 Å². The number of hydrogen-bond donors (Lipinski definition) is 2. The highest BCUT2D eigenvalue weighted by Gasteiger charge is 2.39. The van der Waals surface area contributed by atoms with Crippen LogP contribution in [0.5, 0.6) is 0 Å². The van der Waals surface area contributed by atoms with E-state index in [1.807, 2.05) is 13.8 Å². The summed E-state index contributed by atoms with van der Waals surface area (Å²) in [5, 5.41) is 0. The van der Waals surface area contributed by atoms with Crippen molar-refractivity contribution < 1.29 is 9.59 Å². The lowest BCUT2D eigenvalue weighted by Gasteiger charge is -2.11. The maximum Gasteiger partial charge on any atom is 0.276 e. The van der Waals surface area contributed by atoms with E-state index in [1.54, 1.807) is 19.1 Å². The summed E-state index contributed by atoms with van der Waals surface area (Å²) in [5.74, 6) is -1.21. The zero-order valence-electron chi connectivity index (χ0n) is 12.6. The highest BCUT2D eigenvalue weighted by Crippen LogP contribution is 2.26.